The van der Waals surface area contributed by atoms with Gasteiger partial charge in [0, 0.05) is 24.8 Å². The van der Waals surface area contributed by atoms with Gasteiger partial charge < -0.3 is 10.6 Å². The number of hydrogen-bond acceptors (Lipinski definition) is 2. The summed E-state index contributed by atoms with van der Waals surface area (Å²) in [5, 5.41) is 0. The smallest absolute Gasteiger partial charge is 0.133 e. The molecule has 0 unspecified atom stereocenters. The summed E-state index contributed by atoms with van der Waals surface area (Å²) < 4.78 is 26.4. The van der Waals surface area contributed by atoms with Crippen molar-refractivity contribution in [1.82, 2.24) is 0 Å². The van der Waals surface area contributed by atoms with E-state index in [1.807, 2.05) is 11.9 Å². The lowest BCUT2D eigenvalue weighted by Gasteiger charge is -2.19. The van der Waals surface area contributed by atoms with Gasteiger partial charge in [-0.15, -0.1) is 0 Å². The van der Waals surface area contributed by atoms with Gasteiger partial charge in [-0.25, -0.2) is 8.78 Å². The predicted octanol–water partition coefficient (Wildman–Crippen LogP) is 3.24. The molecule has 5 heteroatoms. The highest BCUT2D eigenvalue weighted by molar-refractivity contribution is 7.80. The Kier molecular flexibility index (Phi) is 4.29. The fraction of sp³-hybridized carbons (Fsp3) is 0.133. The Morgan fingerprint density at radius 1 is 1.15 bits per heavy atom. The molecule has 0 aromatic heterocycles. The Balaban J connectivity index is 2.19. The van der Waals surface area contributed by atoms with Crippen molar-refractivity contribution in [3.63, 3.8) is 0 Å². The molecule has 2 N–H and O–H groups in total. The first-order valence-electron chi connectivity index (χ1n) is 6.02. The van der Waals surface area contributed by atoms with Crippen LogP contribution >= 0.6 is 12.2 Å². The molecule has 2 nitrogen and oxygen atoms in total. The standard InChI is InChI=1S/C15H14F2N2S/c1-19(12-5-3-11(16)4-6-12)9-10-2-7-14(17)13(8-10)15(18)20/h2-8H,9H2,1H3,(H2,18,20). The van der Waals surface area contributed by atoms with Gasteiger partial charge in [-0.1, -0.05) is 18.3 Å². The molecule has 20 heavy (non-hydrogen) atoms. The molecular formula is C15H14F2N2S. The fourth-order valence-corrected chi connectivity index (χ4v) is 2.08. The van der Waals surface area contributed by atoms with Gasteiger partial charge in [0.15, 0.2) is 0 Å². The first-order valence-corrected chi connectivity index (χ1v) is 6.43. The lowest BCUT2D eigenvalue weighted by Crippen LogP contribution is -2.18. The van der Waals surface area contributed by atoms with Gasteiger partial charge in [0.25, 0.3) is 0 Å². The number of nitrogens with zero attached hydrogens (tertiary/aromatic N) is 1. The Labute approximate surface area is 121 Å². The van der Waals surface area contributed by atoms with Crippen LogP contribution in [0.4, 0.5) is 14.5 Å². The van der Waals surface area contributed by atoms with Crippen LogP contribution in [-0.4, -0.2) is 12.0 Å². The third-order valence-corrected chi connectivity index (χ3v) is 3.20. The average molecular weight is 292 g/mol. The zero-order valence-corrected chi connectivity index (χ0v) is 11.8. The minimum Gasteiger partial charge on any atom is -0.389 e. The van der Waals surface area contributed by atoms with E-state index in [1.165, 1.54) is 18.2 Å². The zero-order valence-electron chi connectivity index (χ0n) is 10.9. The van der Waals surface area contributed by atoms with Gasteiger partial charge in [-0.2, -0.15) is 0 Å². The highest BCUT2D eigenvalue weighted by atomic mass is 32.1. The van der Waals surface area contributed by atoms with Gasteiger partial charge in [0.05, 0.1) is 0 Å². The second kappa shape index (κ2) is 5.96. The van der Waals surface area contributed by atoms with Crippen LogP contribution in [0.25, 0.3) is 0 Å². The molecule has 0 amide bonds. The minimum absolute atomic E-state index is 0.0359. The van der Waals surface area contributed by atoms with Crippen molar-refractivity contribution in [2.45, 2.75) is 6.54 Å². The van der Waals surface area contributed by atoms with Crippen LogP contribution < -0.4 is 10.6 Å². The lowest BCUT2D eigenvalue weighted by molar-refractivity contribution is 0.624. The summed E-state index contributed by atoms with van der Waals surface area (Å²) in [5.74, 6) is -0.703. The number of thiocarbonyl (C=S) groups is 1. The quantitative estimate of drug-likeness (QED) is 0.877. The third-order valence-electron chi connectivity index (χ3n) is 2.98. The molecule has 0 atom stereocenters. The lowest BCUT2D eigenvalue weighted by atomic mass is 10.1. The van der Waals surface area contributed by atoms with Crippen molar-refractivity contribution in [1.29, 1.82) is 0 Å². The van der Waals surface area contributed by atoms with Crippen LogP contribution in [-0.2, 0) is 6.54 Å². The van der Waals surface area contributed by atoms with Crippen molar-refractivity contribution >= 4 is 22.9 Å². The number of rotatable bonds is 4. The number of halogens is 2. The van der Waals surface area contributed by atoms with Crippen LogP contribution in [0.2, 0.25) is 0 Å². The number of hydrogen-bond donors (Lipinski definition) is 1. The molecule has 2 aromatic carbocycles. The van der Waals surface area contributed by atoms with E-state index in [0.717, 1.165) is 11.3 Å². The maximum Gasteiger partial charge on any atom is 0.133 e. The van der Waals surface area contributed by atoms with E-state index in [-0.39, 0.29) is 16.4 Å². The summed E-state index contributed by atoms with van der Waals surface area (Å²) >= 11 is 4.81. The average Bonchev–Trinajstić information content (AvgIpc) is 2.41. The minimum atomic E-state index is -0.425. The van der Waals surface area contributed by atoms with E-state index < -0.39 is 5.82 Å². The first kappa shape index (κ1) is 14.4. The van der Waals surface area contributed by atoms with Crippen LogP contribution in [0.1, 0.15) is 11.1 Å². The predicted molar refractivity (Wildman–Crippen MR) is 80.8 cm³/mol. The molecule has 0 aliphatic rings. The molecular weight excluding hydrogens is 278 g/mol. The van der Waals surface area contributed by atoms with Gasteiger partial charge in [-0.05, 0) is 42.0 Å². The Morgan fingerprint density at radius 2 is 1.80 bits per heavy atom. The molecule has 0 aliphatic carbocycles. The second-order valence-corrected chi connectivity index (χ2v) is 4.95. The molecule has 0 bridgehead atoms. The summed E-state index contributed by atoms with van der Waals surface area (Å²) in [4.78, 5) is 1.96. The number of benzene rings is 2. The molecule has 0 aliphatic heterocycles. The van der Waals surface area contributed by atoms with Crippen LogP contribution in [0.3, 0.4) is 0 Å². The van der Waals surface area contributed by atoms with Gasteiger partial charge in [-0.3, -0.25) is 0 Å². The van der Waals surface area contributed by atoms with E-state index in [4.69, 9.17) is 18.0 Å². The van der Waals surface area contributed by atoms with Gasteiger partial charge in [0.2, 0.25) is 0 Å². The van der Waals surface area contributed by atoms with E-state index >= 15 is 0 Å². The maximum absolute atomic E-state index is 13.5. The van der Waals surface area contributed by atoms with Crippen LogP contribution in [0.5, 0.6) is 0 Å². The molecule has 2 rings (SSSR count). The Morgan fingerprint density at radius 3 is 2.40 bits per heavy atom. The third kappa shape index (κ3) is 3.30. The molecule has 0 saturated heterocycles. The largest absolute Gasteiger partial charge is 0.389 e. The zero-order chi connectivity index (χ0) is 14.7. The van der Waals surface area contributed by atoms with Crippen LogP contribution in [0, 0.1) is 11.6 Å². The molecule has 0 fully saturated rings. The van der Waals surface area contributed by atoms with Crippen molar-refractivity contribution < 1.29 is 8.78 Å². The van der Waals surface area contributed by atoms with Crippen molar-refractivity contribution in [2.75, 3.05) is 11.9 Å². The normalized spacial score (nSPS) is 10.3. The van der Waals surface area contributed by atoms with Crippen molar-refractivity contribution in [3.05, 3.63) is 65.2 Å². The molecule has 2 aromatic rings. The van der Waals surface area contributed by atoms with Gasteiger partial charge in [0.1, 0.15) is 16.6 Å². The molecule has 104 valence electrons. The molecule has 0 heterocycles. The highest BCUT2D eigenvalue weighted by Gasteiger charge is 2.08. The summed E-state index contributed by atoms with van der Waals surface area (Å²) in [6, 6.07) is 10.8. The second-order valence-electron chi connectivity index (χ2n) is 4.51. The first-order chi connectivity index (χ1) is 9.47. The van der Waals surface area contributed by atoms with E-state index in [0.29, 0.717) is 6.54 Å². The molecule has 0 saturated carbocycles. The highest BCUT2D eigenvalue weighted by Crippen LogP contribution is 2.17. The van der Waals surface area contributed by atoms with Crippen LogP contribution in [0.15, 0.2) is 42.5 Å². The molecule has 0 spiro atoms. The van der Waals surface area contributed by atoms with Crippen molar-refractivity contribution in [2.24, 2.45) is 5.73 Å². The van der Waals surface area contributed by atoms with Gasteiger partial charge >= 0.3 is 0 Å². The van der Waals surface area contributed by atoms with E-state index in [9.17, 15) is 8.78 Å². The monoisotopic (exact) mass is 292 g/mol. The Hall–Kier alpha value is -2.01. The van der Waals surface area contributed by atoms with E-state index in [2.05, 4.69) is 0 Å². The number of nitrogens with two attached hydrogens (primary N) is 1. The molecule has 0 radical (unpaired) electrons. The number of anilines is 1. The maximum atomic E-state index is 13.5. The van der Waals surface area contributed by atoms with Crippen molar-refractivity contribution in [3.8, 4) is 0 Å². The summed E-state index contributed by atoms with van der Waals surface area (Å²) in [6.07, 6.45) is 0. The summed E-state index contributed by atoms with van der Waals surface area (Å²) in [6.45, 7) is 0.543. The Bertz CT molecular complexity index is 626. The SMILES string of the molecule is CN(Cc1ccc(F)c(C(N)=S)c1)c1ccc(F)cc1. The summed E-state index contributed by atoms with van der Waals surface area (Å²) in [7, 11) is 1.87. The fourth-order valence-electron chi connectivity index (χ4n) is 1.92. The summed E-state index contributed by atoms with van der Waals surface area (Å²) in [5.41, 5.74) is 7.46. The topological polar surface area (TPSA) is 29.3 Å². The van der Waals surface area contributed by atoms with E-state index in [1.54, 1.807) is 24.3 Å².